The third-order valence-corrected chi connectivity index (χ3v) is 2.65. The van der Waals surface area contributed by atoms with Gasteiger partial charge in [0.15, 0.2) is 0 Å². The molecule has 1 atom stereocenters. The molecule has 0 aromatic heterocycles. The second kappa shape index (κ2) is 5.26. The molecular weight excluding hydrogens is 190 g/mol. The first-order valence-corrected chi connectivity index (χ1v) is 5.38. The summed E-state index contributed by atoms with van der Waals surface area (Å²) in [6.07, 6.45) is 9.90. The van der Waals surface area contributed by atoms with Crippen LogP contribution >= 0.6 is 0 Å². The Morgan fingerprint density at radius 2 is 2.07 bits per heavy atom. The zero-order chi connectivity index (χ0) is 10.5. The van der Waals surface area contributed by atoms with Gasteiger partial charge in [0, 0.05) is 6.54 Å². The average molecular weight is 207 g/mol. The first kappa shape index (κ1) is 10.6. The number of nitrogens with one attached hydrogen (secondary N) is 1. The molecule has 0 aromatic rings. The zero-order valence-corrected chi connectivity index (χ0v) is 8.78. The number of morpholine rings is 1. The first-order chi connectivity index (χ1) is 7.38. The van der Waals surface area contributed by atoms with E-state index in [4.69, 9.17) is 9.84 Å². The number of aliphatic hydroxyl groups is 1. The van der Waals surface area contributed by atoms with Crippen LogP contribution in [-0.2, 0) is 4.74 Å². The summed E-state index contributed by atoms with van der Waals surface area (Å²) in [6.45, 7) is 2.47. The van der Waals surface area contributed by atoms with Gasteiger partial charge in [-0.1, -0.05) is 24.3 Å². The van der Waals surface area contributed by atoms with Crippen LogP contribution in [0.25, 0.3) is 0 Å². The Bertz CT molecular complexity index is 279. The molecule has 1 heterocycles. The SMILES string of the molecule is C1=CC2=CC=C1C2.OC[C@@H]1COCCN1. The number of hydrogen-bond donors (Lipinski definition) is 2. The Balaban J connectivity index is 0.000000114. The van der Waals surface area contributed by atoms with E-state index in [0.29, 0.717) is 6.61 Å². The molecule has 3 heteroatoms. The van der Waals surface area contributed by atoms with Crippen LogP contribution in [-0.4, -0.2) is 37.5 Å². The van der Waals surface area contributed by atoms with E-state index in [1.807, 2.05) is 0 Å². The van der Waals surface area contributed by atoms with Gasteiger partial charge in [-0.3, -0.25) is 0 Å². The third kappa shape index (κ3) is 3.02. The van der Waals surface area contributed by atoms with E-state index in [-0.39, 0.29) is 12.6 Å². The van der Waals surface area contributed by atoms with Gasteiger partial charge in [0.05, 0.1) is 25.9 Å². The number of rotatable bonds is 1. The molecule has 3 nitrogen and oxygen atoms in total. The second-order valence-corrected chi connectivity index (χ2v) is 3.90. The molecule has 1 aliphatic heterocycles. The highest BCUT2D eigenvalue weighted by Crippen LogP contribution is 2.27. The molecule has 3 rings (SSSR count). The number of fused-ring (bicyclic) bond motifs is 2. The van der Waals surface area contributed by atoms with E-state index in [1.54, 1.807) is 0 Å². The minimum absolute atomic E-state index is 0.170. The largest absolute Gasteiger partial charge is 0.395 e. The number of ether oxygens (including phenoxy) is 1. The summed E-state index contributed by atoms with van der Waals surface area (Å²) in [4.78, 5) is 0. The van der Waals surface area contributed by atoms with Crippen molar-refractivity contribution in [1.82, 2.24) is 5.32 Å². The van der Waals surface area contributed by atoms with Crippen LogP contribution in [0.2, 0.25) is 0 Å². The lowest BCUT2D eigenvalue weighted by molar-refractivity contribution is 0.0550. The first-order valence-electron chi connectivity index (χ1n) is 5.38. The summed E-state index contributed by atoms with van der Waals surface area (Å²) in [7, 11) is 0. The van der Waals surface area contributed by atoms with Gasteiger partial charge in [-0.25, -0.2) is 0 Å². The van der Waals surface area contributed by atoms with E-state index >= 15 is 0 Å². The van der Waals surface area contributed by atoms with Crippen LogP contribution in [0.5, 0.6) is 0 Å². The van der Waals surface area contributed by atoms with Crippen molar-refractivity contribution in [3.05, 3.63) is 35.5 Å². The molecule has 0 radical (unpaired) electrons. The van der Waals surface area contributed by atoms with Gasteiger partial charge >= 0.3 is 0 Å². The lowest BCUT2D eigenvalue weighted by Crippen LogP contribution is -2.43. The van der Waals surface area contributed by atoms with Gasteiger partial charge in [-0.05, 0) is 17.6 Å². The molecule has 82 valence electrons. The fraction of sp³-hybridized carbons (Fsp3) is 0.500. The van der Waals surface area contributed by atoms with E-state index in [1.165, 1.54) is 17.6 Å². The Labute approximate surface area is 90.1 Å². The Kier molecular flexibility index (Phi) is 3.72. The number of aliphatic hydroxyl groups excluding tert-OH is 1. The predicted octanol–water partition coefficient (Wildman–Crippen LogP) is 0.780. The Morgan fingerprint density at radius 3 is 2.33 bits per heavy atom. The molecule has 2 aliphatic carbocycles. The van der Waals surface area contributed by atoms with E-state index in [9.17, 15) is 0 Å². The summed E-state index contributed by atoms with van der Waals surface area (Å²) in [5.74, 6) is 0. The van der Waals surface area contributed by atoms with Crippen molar-refractivity contribution in [1.29, 1.82) is 0 Å². The highest BCUT2D eigenvalue weighted by Gasteiger charge is 2.09. The fourth-order valence-corrected chi connectivity index (χ4v) is 1.75. The molecule has 3 aliphatic rings. The maximum Gasteiger partial charge on any atom is 0.0642 e. The molecule has 0 amide bonds. The van der Waals surface area contributed by atoms with Gasteiger partial charge in [0.25, 0.3) is 0 Å². The molecule has 0 saturated carbocycles. The van der Waals surface area contributed by atoms with Crippen LogP contribution in [0.3, 0.4) is 0 Å². The highest BCUT2D eigenvalue weighted by atomic mass is 16.5. The summed E-state index contributed by atoms with van der Waals surface area (Å²) in [5.41, 5.74) is 2.94. The molecule has 15 heavy (non-hydrogen) atoms. The van der Waals surface area contributed by atoms with Crippen LogP contribution in [0.15, 0.2) is 35.5 Å². The quantitative estimate of drug-likeness (QED) is 0.667. The number of allylic oxidation sites excluding steroid dienone is 6. The molecule has 1 fully saturated rings. The minimum atomic E-state index is 0.170. The van der Waals surface area contributed by atoms with Crippen LogP contribution in [0, 0.1) is 0 Å². The fourth-order valence-electron chi connectivity index (χ4n) is 1.75. The van der Waals surface area contributed by atoms with Gasteiger partial charge in [-0.2, -0.15) is 0 Å². The van der Waals surface area contributed by atoms with Crippen LogP contribution < -0.4 is 5.32 Å². The maximum absolute atomic E-state index is 8.55. The van der Waals surface area contributed by atoms with Crippen molar-refractivity contribution in [3.8, 4) is 0 Å². The molecule has 0 spiro atoms. The van der Waals surface area contributed by atoms with Crippen molar-refractivity contribution < 1.29 is 9.84 Å². The maximum atomic E-state index is 8.55. The lowest BCUT2D eigenvalue weighted by Gasteiger charge is -2.21. The predicted molar refractivity (Wildman–Crippen MR) is 59.6 cm³/mol. The van der Waals surface area contributed by atoms with E-state index in [0.717, 1.165) is 13.2 Å². The highest BCUT2D eigenvalue weighted by molar-refractivity contribution is 5.49. The second-order valence-electron chi connectivity index (χ2n) is 3.90. The molecule has 2 bridgehead atoms. The molecular formula is C12H17NO2. The standard InChI is InChI=1S/C7H6.C5H11NO2/c1-2-7-4-3-6(1)5-7;7-3-5-4-8-2-1-6-5/h1-4H,5H2;5-7H,1-4H2/t;5-/m.1/s1. The topological polar surface area (TPSA) is 41.5 Å². The third-order valence-electron chi connectivity index (χ3n) is 2.65. The van der Waals surface area contributed by atoms with Crippen LogP contribution in [0.1, 0.15) is 6.42 Å². The van der Waals surface area contributed by atoms with Gasteiger partial charge < -0.3 is 15.2 Å². The van der Waals surface area contributed by atoms with Crippen molar-refractivity contribution in [3.63, 3.8) is 0 Å². The minimum Gasteiger partial charge on any atom is -0.395 e. The van der Waals surface area contributed by atoms with E-state index < -0.39 is 0 Å². The zero-order valence-electron chi connectivity index (χ0n) is 8.78. The summed E-state index contributed by atoms with van der Waals surface area (Å²) >= 11 is 0. The lowest BCUT2D eigenvalue weighted by atomic mass is 10.3. The Morgan fingerprint density at radius 1 is 1.33 bits per heavy atom. The van der Waals surface area contributed by atoms with Crippen molar-refractivity contribution in [2.75, 3.05) is 26.4 Å². The smallest absolute Gasteiger partial charge is 0.0642 e. The van der Waals surface area contributed by atoms with Crippen LogP contribution in [0.4, 0.5) is 0 Å². The van der Waals surface area contributed by atoms with Gasteiger partial charge in [0.1, 0.15) is 0 Å². The molecule has 2 N–H and O–H groups in total. The van der Waals surface area contributed by atoms with Crippen molar-refractivity contribution in [2.45, 2.75) is 12.5 Å². The molecule has 1 saturated heterocycles. The summed E-state index contributed by atoms with van der Waals surface area (Å²) < 4.78 is 5.05. The average Bonchev–Trinajstić information content (AvgIpc) is 2.95. The normalized spacial score (nSPS) is 26.9. The molecule has 0 aromatic carbocycles. The van der Waals surface area contributed by atoms with E-state index in [2.05, 4.69) is 29.6 Å². The Hall–Kier alpha value is -0.900. The van der Waals surface area contributed by atoms with Gasteiger partial charge in [-0.15, -0.1) is 0 Å². The van der Waals surface area contributed by atoms with Gasteiger partial charge in [0.2, 0.25) is 0 Å². The van der Waals surface area contributed by atoms with Crippen molar-refractivity contribution >= 4 is 0 Å². The number of hydrogen-bond acceptors (Lipinski definition) is 3. The molecule has 0 unspecified atom stereocenters. The summed E-state index contributed by atoms with van der Waals surface area (Å²) in [6, 6.07) is 0.170. The van der Waals surface area contributed by atoms with Crippen molar-refractivity contribution in [2.24, 2.45) is 0 Å². The summed E-state index contributed by atoms with van der Waals surface area (Å²) in [5, 5.41) is 11.6. The monoisotopic (exact) mass is 207 g/mol.